The first-order valence-corrected chi connectivity index (χ1v) is 7.95. The van der Waals surface area contributed by atoms with Crippen molar-refractivity contribution in [3.63, 3.8) is 0 Å². The van der Waals surface area contributed by atoms with Crippen molar-refractivity contribution in [2.75, 3.05) is 0 Å². The molecule has 110 valence electrons. The fraction of sp³-hybridized carbons (Fsp3) is 0.111. The van der Waals surface area contributed by atoms with Gasteiger partial charge < -0.3 is 0 Å². The Balaban J connectivity index is 1.71. The molecule has 0 atom stereocenters. The molecule has 0 fully saturated rings. The Morgan fingerprint density at radius 2 is 1.91 bits per heavy atom. The van der Waals surface area contributed by atoms with Crippen LogP contribution in [0.4, 0.5) is 0 Å². The first kappa shape index (κ1) is 14.5. The Morgan fingerprint density at radius 1 is 1.09 bits per heavy atom. The molecule has 0 unspecified atom stereocenters. The minimum atomic E-state index is -0.0948. The number of nitrogens with zero attached hydrogens (tertiary/aromatic N) is 1. The standard InChI is InChI=1S/C18H16N2OS/c1-13(19-20-18(21)12-17-7-4-10-22-17)15-9-8-14-5-2-3-6-16(14)11-15/h2-11H,12H2,1H3,(H,20,21)/b19-13-. The summed E-state index contributed by atoms with van der Waals surface area (Å²) in [5, 5.41) is 8.53. The van der Waals surface area contributed by atoms with E-state index in [9.17, 15) is 4.79 Å². The highest BCUT2D eigenvalue weighted by Crippen LogP contribution is 2.16. The third-order valence-electron chi connectivity index (χ3n) is 3.43. The molecule has 0 bridgehead atoms. The van der Waals surface area contributed by atoms with Crippen LogP contribution in [-0.2, 0) is 11.2 Å². The molecule has 22 heavy (non-hydrogen) atoms. The molecule has 1 N–H and O–H groups in total. The van der Waals surface area contributed by atoms with Crippen LogP contribution >= 0.6 is 11.3 Å². The molecule has 1 heterocycles. The topological polar surface area (TPSA) is 41.5 Å². The number of hydrazone groups is 1. The van der Waals surface area contributed by atoms with Crippen LogP contribution in [0, 0.1) is 0 Å². The van der Waals surface area contributed by atoms with Gasteiger partial charge in [0.1, 0.15) is 0 Å². The van der Waals surface area contributed by atoms with Crippen LogP contribution in [0.15, 0.2) is 65.1 Å². The second-order valence-electron chi connectivity index (χ2n) is 5.05. The summed E-state index contributed by atoms with van der Waals surface area (Å²) in [6.45, 7) is 1.90. The number of carbonyl (C=O) groups is 1. The summed E-state index contributed by atoms with van der Waals surface area (Å²) in [5.74, 6) is -0.0948. The number of amides is 1. The molecule has 3 nitrogen and oxygen atoms in total. The Labute approximate surface area is 133 Å². The van der Waals surface area contributed by atoms with Crippen molar-refractivity contribution < 1.29 is 4.79 Å². The second kappa shape index (κ2) is 6.54. The maximum Gasteiger partial charge on any atom is 0.245 e. The van der Waals surface area contributed by atoms with E-state index < -0.39 is 0 Å². The quantitative estimate of drug-likeness (QED) is 0.575. The lowest BCUT2D eigenvalue weighted by molar-refractivity contribution is -0.120. The molecule has 2 aromatic carbocycles. The van der Waals surface area contributed by atoms with E-state index >= 15 is 0 Å². The molecule has 1 amide bonds. The van der Waals surface area contributed by atoms with E-state index in [0.29, 0.717) is 6.42 Å². The monoisotopic (exact) mass is 308 g/mol. The lowest BCUT2D eigenvalue weighted by Crippen LogP contribution is -2.20. The smallest absolute Gasteiger partial charge is 0.245 e. The van der Waals surface area contributed by atoms with Gasteiger partial charge in [0.15, 0.2) is 0 Å². The molecule has 0 aliphatic carbocycles. The van der Waals surface area contributed by atoms with E-state index in [2.05, 4.69) is 34.8 Å². The fourth-order valence-electron chi connectivity index (χ4n) is 2.24. The summed E-state index contributed by atoms with van der Waals surface area (Å²) in [6, 6.07) is 18.2. The van der Waals surface area contributed by atoms with Gasteiger partial charge in [0.05, 0.1) is 12.1 Å². The van der Waals surface area contributed by atoms with Gasteiger partial charge in [-0.15, -0.1) is 11.3 Å². The molecule has 0 spiro atoms. The predicted octanol–water partition coefficient (Wildman–Crippen LogP) is 3.98. The first-order valence-electron chi connectivity index (χ1n) is 7.07. The molecule has 0 saturated carbocycles. The van der Waals surface area contributed by atoms with Crippen molar-refractivity contribution in [1.82, 2.24) is 5.43 Å². The third-order valence-corrected chi connectivity index (χ3v) is 4.31. The summed E-state index contributed by atoms with van der Waals surface area (Å²) in [7, 11) is 0. The summed E-state index contributed by atoms with van der Waals surface area (Å²) in [4.78, 5) is 12.9. The summed E-state index contributed by atoms with van der Waals surface area (Å²) in [6.07, 6.45) is 0.367. The van der Waals surface area contributed by atoms with Gasteiger partial charge in [0, 0.05) is 4.88 Å². The number of rotatable bonds is 4. The van der Waals surface area contributed by atoms with Gasteiger partial charge in [-0.3, -0.25) is 4.79 Å². The van der Waals surface area contributed by atoms with E-state index in [1.165, 1.54) is 10.8 Å². The lowest BCUT2D eigenvalue weighted by atomic mass is 10.0. The number of carbonyl (C=O) groups excluding carboxylic acids is 1. The fourth-order valence-corrected chi connectivity index (χ4v) is 2.94. The van der Waals surface area contributed by atoms with Gasteiger partial charge in [0.2, 0.25) is 5.91 Å². The first-order chi connectivity index (χ1) is 10.7. The van der Waals surface area contributed by atoms with Crippen molar-refractivity contribution in [2.24, 2.45) is 5.10 Å². The van der Waals surface area contributed by atoms with Crippen LogP contribution in [0.2, 0.25) is 0 Å². The average Bonchev–Trinajstić information content (AvgIpc) is 3.05. The van der Waals surface area contributed by atoms with Crippen LogP contribution in [0.3, 0.4) is 0 Å². The summed E-state index contributed by atoms with van der Waals surface area (Å²) in [5.41, 5.74) is 4.43. The maximum absolute atomic E-state index is 11.8. The summed E-state index contributed by atoms with van der Waals surface area (Å²) >= 11 is 1.57. The highest BCUT2D eigenvalue weighted by Gasteiger charge is 2.04. The molecule has 0 aliphatic heterocycles. The van der Waals surface area contributed by atoms with Crippen molar-refractivity contribution in [1.29, 1.82) is 0 Å². The lowest BCUT2D eigenvalue weighted by Gasteiger charge is -2.04. The van der Waals surface area contributed by atoms with Gasteiger partial charge in [-0.1, -0.05) is 42.5 Å². The number of thiophene rings is 1. The molecule has 0 radical (unpaired) electrons. The number of fused-ring (bicyclic) bond motifs is 1. The number of hydrogen-bond donors (Lipinski definition) is 1. The van der Waals surface area contributed by atoms with E-state index in [4.69, 9.17) is 0 Å². The van der Waals surface area contributed by atoms with Crippen molar-refractivity contribution >= 4 is 33.7 Å². The molecule has 0 saturated heterocycles. The van der Waals surface area contributed by atoms with Crippen molar-refractivity contribution in [2.45, 2.75) is 13.3 Å². The van der Waals surface area contributed by atoms with Gasteiger partial charge in [-0.25, -0.2) is 5.43 Å². The molecule has 4 heteroatoms. The Morgan fingerprint density at radius 3 is 2.68 bits per heavy atom. The number of hydrogen-bond acceptors (Lipinski definition) is 3. The largest absolute Gasteiger partial charge is 0.273 e. The van der Waals surface area contributed by atoms with Gasteiger partial charge in [0.25, 0.3) is 0 Å². The predicted molar refractivity (Wildman–Crippen MR) is 92.3 cm³/mol. The Bertz CT molecular complexity index is 822. The summed E-state index contributed by atoms with van der Waals surface area (Å²) < 4.78 is 0. The number of benzene rings is 2. The maximum atomic E-state index is 11.8. The number of nitrogens with one attached hydrogen (secondary N) is 1. The van der Waals surface area contributed by atoms with Crippen molar-refractivity contribution in [3.8, 4) is 0 Å². The van der Waals surface area contributed by atoms with Crippen molar-refractivity contribution in [3.05, 3.63) is 70.4 Å². The molecule has 1 aromatic heterocycles. The highest BCUT2D eigenvalue weighted by atomic mass is 32.1. The zero-order valence-corrected chi connectivity index (χ0v) is 13.1. The molecular formula is C18H16N2OS. The van der Waals surface area contributed by atoms with E-state index in [1.807, 2.05) is 42.6 Å². The van der Waals surface area contributed by atoms with Crippen LogP contribution in [-0.4, -0.2) is 11.6 Å². The molecule has 0 aliphatic rings. The van der Waals surface area contributed by atoms with E-state index in [0.717, 1.165) is 16.2 Å². The molecular weight excluding hydrogens is 292 g/mol. The van der Waals surface area contributed by atoms with Gasteiger partial charge in [-0.05, 0) is 40.8 Å². The Hall–Kier alpha value is -2.46. The van der Waals surface area contributed by atoms with Crippen LogP contribution in [0.5, 0.6) is 0 Å². The van der Waals surface area contributed by atoms with E-state index in [-0.39, 0.29) is 5.91 Å². The minimum Gasteiger partial charge on any atom is -0.273 e. The minimum absolute atomic E-state index is 0.0948. The van der Waals surface area contributed by atoms with E-state index in [1.54, 1.807) is 11.3 Å². The third kappa shape index (κ3) is 3.40. The van der Waals surface area contributed by atoms with Crippen LogP contribution < -0.4 is 5.43 Å². The highest BCUT2D eigenvalue weighted by molar-refractivity contribution is 7.10. The SMILES string of the molecule is C/C(=N/NC(=O)Cc1cccs1)c1ccc2ccccc2c1. The molecule has 3 rings (SSSR count). The normalized spacial score (nSPS) is 11.6. The zero-order chi connectivity index (χ0) is 15.4. The second-order valence-corrected chi connectivity index (χ2v) is 6.08. The molecule has 3 aromatic rings. The van der Waals surface area contributed by atoms with Gasteiger partial charge >= 0.3 is 0 Å². The van der Waals surface area contributed by atoms with Gasteiger partial charge in [-0.2, -0.15) is 5.10 Å². The van der Waals surface area contributed by atoms with Crippen LogP contribution in [0.1, 0.15) is 17.4 Å². The Kier molecular flexibility index (Phi) is 4.30. The average molecular weight is 308 g/mol. The zero-order valence-electron chi connectivity index (χ0n) is 12.2. The van der Waals surface area contributed by atoms with Crippen LogP contribution in [0.25, 0.3) is 10.8 Å².